The van der Waals surface area contributed by atoms with Gasteiger partial charge < -0.3 is 9.80 Å². The summed E-state index contributed by atoms with van der Waals surface area (Å²) in [5, 5.41) is 0. The molecule has 1 aromatic heterocycles. The third-order valence-corrected chi connectivity index (χ3v) is 6.91. The summed E-state index contributed by atoms with van der Waals surface area (Å²) in [7, 11) is 2.13. The Hall–Kier alpha value is -4.37. The van der Waals surface area contributed by atoms with Crippen molar-refractivity contribution in [2.75, 3.05) is 23.4 Å². The van der Waals surface area contributed by atoms with E-state index in [-0.39, 0.29) is 0 Å². The summed E-state index contributed by atoms with van der Waals surface area (Å²) < 4.78 is 0. The number of hydrogen-bond donors (Lipinski definition) is 0. The summed E-state index contributed by atoms with van der Waals surface area (Å²) in [5.74, 6) is 0. The summed E-state index contributed by atoms with van der Waals surface area (Å²) in [6.07, 6.45) is 1.98. The normalized spacial score (nSPS) is 10.8. The quantitative estimate of drug-likeness (QED) is 0.230. The zero-order valence-electron chi connectivity index (χ0n) is 22.0. The van der Waals surface area contributed by atoms with E-state index in [0.717, 1.165) is 29.3 Å². The maximum Gasteiger partial charge on any atom is 0.0652 e. The lowest BCUT2D eigenvalue weighted by atomic mass is 9.94. The summed E-state index contributed by atoms with van der Waals surface area (Å²) in [6.45, 7) is 7.24. The minimum Gasteiger partial charge on any atom is -0.341 e. The lowest BCUT2D eigenvalue weighted by Gasteiger charge is -2.33. The molecular weight excluding hydrogens is 450 g/mol. The molecule has 1 heterocycles. The molecule has 5 aromatic rings. The molecular formula is C34H33N3. The van der Waals surface area contributed by atoms with E-state index < -0.39 is 0 Å². The smallest absolute Gasteiger partial charge is 0.0652 e. The Kier molecular flexibility index (Phi) is 7.04. The van der Waals surface area contributed by atoms with Crippen molar-refractivity contribution in [1.82, 2.24) is 4.98 Å². The molecule has 0 N–H and O–H groups in total. The predicted octanol–water partition coefficient (Wildman–Crippen LogP) is 8.96. The second kappa shape index (κ2) is 10.7. The van der Waals surface area contributed by atoms with Crippen LogP contribution in [0.25, 0.3) is 22.3 Å². The molecule has 0 unspecified atom stereocenters. The van der Waals surface area contributed by atoms with Gasteiger partial charge in [-0.15, -0.1) is 0 Å². The number of rotatable bonds is 7. The van der Waals surface area contributed by atoms with Crippen LogP contribution in [0.4, 0.5) is 22.7 Å². The zero-order chi connectivity index (χ0) is 25.8. The van der Waals surface area contributed by atoms with Crippen molar-refractivity contribution < 1.29 is 0 Å². The predicted molar refractivity (Wildman–Crippen MR) is 158 cm³/mol. The van der Waals surface area contributed by atoms with Gasteiger partial charge in [0.2, 0.25) is 0 Å². The summed E-state index contributed by atoms with van der Waals surface area (Å²) >= 11 is 0. The first-order valence-corrected chi connectivity index (χ1v) is 12.9. The van der Waals surface area contributed by atoms with E-state index in [0.29, 0.717) is 0 Å². The highest BCUT2D eigenvalue weighted by molar-refractivity contribution is 5.96. The number of pyridine rings is 1. The van der Waals surface area contributed by atoms with Gasteiger partial charge in [-0.1, -0.05) is 91.0 Å². The first-order valence-electron chi connectivity index (χ1n) is 12.9. The lowest BCUT2D eigenvalue weighted by Crippen LogP contribution is -2.22. The molecule has 184 valence electrons. The van der Waals surface area contributed by atoms with Crippen LogP contribution in [0.2, 0.25) is 0 Å². The minimum atomic E-state index is 0.819. The molecule has 0 saturated heterocycles. The fraction of sp³-hybridized carbons (Fsp3) is 0.147. The number of anilines is 4. The number of para-hydroxylation sites is 3. The van der Waals surface area contributed by atoms with Crippen LogP contribution >= 0.6 is 0 Å². The first kappa shape index (κ1) is 24.3. The van der Waals surface area contributed by atoms with Crippen LogP contribution in [0.3, 0.4) is 0 Å². The Labute approximate surface area is 220 Å². The van der Waals surface area contributed by atoms with Gasteiger partial charge >= 0.3 is 0 Å². The lowest BCUT2D eigenvalue weighted by molar-refractivity contribution is 1.01. The summed E-state index contributed by atoms with van der Waals surface area (Å²) in [4.78, 5) is 9.30. The molecule has 3 nitrogen and oxygen atoms in total. The van der Waals surface area contributed by atoms with Crippen LogP contribution in [-0.4, -0.2) is 18.6 Å². The second-order valence-electron chi connectivity index (χ2n) is 9.34. The molecule has 0 bridgehead atoms. The van der Waals surface area contributed by atoms with Gasteiger partial charge in [-0.2, -0.15) is 0 Å². The van der Waals surface area contributed by atoms with E-state index in [4.69, 9.17) is 0 Å². The van der Waals surface area contributed by atoms with Crippen molar-refractivity contribution in [2.24, 2.45) is 0 Å². The van der Waals surface area contributed by atoms with E-state index in [1.165, 1.54) is 33.5 Å². The number of benzene rings is 4. The van der Waals surface area contributed by atoms with Gasteiger partial charge in [0.1, 0.15) is 0 Å². The van der Waals surface area contributed by atoms with Crippen LogP contribution in [0.5, 0.6) is 0 Å². The van der Waals surface area contributed by atoms with E-state index >= 15 is 0 Å². The molecule has 0 fully saturated rings. The molecule has 3 heteroatoms. The van der Waals surface area contributed by atoms with Gasteiger partial charge in [-0.25, -0.2) is 0 Å². The minimum absolute atomic E-state index is 0.819. The molecule has 0 atom stereocenters. The molecule has 0 aliphatic rings. The van der Waals surface area contributed by atoms with Gasteiger partial charge in [0, 0.05) is 30.4 Å². The fourth-order valence-electron chi connectivity index (χ4n) is 5.13. The van der Waals surface area contributed by atoms with Crippen molar-refractivity contribution in [3.63, 3.8) is 0 Å². The van der Waals surface area contributed by atoms with Crippen LogP contribution in [0.15, 0.2) is 115 Å². The molecule has 0 aliphatic carbocycles. The highest BCUT2D eigenvalue weighted by atomic mass is 15.2. The average Bonchev–Trinajstić information content (AvgIpc) is 2.94. The molecule has 0 radical (unpaired) electrons. The second-order valence-corrected chi connectivity index (χ2v) is 9.34. The monoisotopic (exact) mass is 483 g/mol. The summed E-state index contributed by atoms with van der Waals surface area (Å²) in [6, 6.07) is 38.8. The number of hydrogen-bond acceptors (Lipinski definition) is 3. The third kappa shape index (κ3) is 4.85. The largest absolute Gasteiger partial charge is 0.341 e. The highest BCUT2D eigenvalue weighted by Gasteiger charge is 2.22. The van der Waals surface area contributed by atoms with Crippen molar-refractivity contribution in [2.45, 2.75) is 20.8 Å². The first-order chi connectivity index (χ1) is 18.1. The van der Waals surface area contributed by atoms with Gasteiger partial charge in [0.25, 0.3) is 0 Å². The SMILES string of the molecule is CCN(c1ccccc1N(C)c1cnc(C)cc1C)c1c(-c2ccccc2)cccc1-c1ccccc1. The summed E-state index contributed by atoms with van der Waals surface area (Å²) in [5.41, 5.74) is 11.7. The van der Waals surface area contributed by atoms with E-state index in [1.54, 1.807) is 0 Å². The topological polar surface area (TPSA) is 19.4 Å². The molecule has 37 heavy (non-hydrogen) atoms. The van der Waals surface area contributed by atoms with E-state index in [1.807, 2.05) is 13.1 Å². The van der Waals surface area contributed by atoms with Crippen molar-refractivity contribution in [3.05, 3.63) is 127 Å². The maximum absolute atomic E-state index is 4.59. The zero-order valence-corrected chi connectivity index (χ0v) is 22.0. The van der Waals surface area contributed by atoms with Crippen LogP contribution in [0.1, 0.15) is 18.2 Å². The molecule has 0 amide bonds. The Balaban J connectivity index is 1.73. The van der Waals surface area contributed by atoms with Gasteiger partial charge in [-0.05, 0) is 55.7 Å². The van der Waals surface area contributed by atoms with Crippen LogP contribution in [0, 0.1) is 13.8 Å². The van der Waals surface area contributed by atoms with Crippen LogP contribution in [-0.2, 0) is 0 Å². The molecule has 0 aliphatic heterocycles. The van der Waals surface area contributed by atoms with E-state index in [9.17, 15) is 0 Å². The number of nitrogens with zero attached hydrogens (tertiary/aromatic N) is 3. The van der Waals surface area contributed by atoms with Crippen molar-refractivity contribution in [1.29, 1.82) is 0 Å². The Morgan fingerprint density at radius 2 is 1.16 bits per heavy atom. The van der Waals surface area contributed by atoms with Gasteiger partial charge in [-0.3, -0.25) is 4.98 Å². The van der Waals surface area contributed by atoms with Crippen molar-refractivity contribution >= 4 is 22.7 Å². The standard InChI is InChI=1S/C34H33N3/c1-5-37(32-22-13-12-21-31(32)36(4)33-24-35-26(3)23-25(33)2)34-29(27-15-8-6-9-16-27)19-14-20-30(34)28-17-10-7-11-18-28/h6-24H,5H2,1-4H3. The molecule has 5 rings (SSSR count). The number of aromatic nitrogens is 1. The van der Waals surface area contributed by atoms with E-state index in [2.05, 4.69) is 145 Å². The third-order valence-electron chi connectivity index (χ3n) is 6.91. The Bertz CT molecular complexity index is 1440. The highest BCUT2D eigenvalue weighted by Crippen LogP contribution is 2.45. The fourth-order valence-corrected chi connectivity index (χ4v) is 5.13. The van der Waals surface area contributed by atoms with Gasteiger partial charge in [0.05, 0.1) is 28.9 Å². The average molecular weight is 484 g/mol. The molecule has 0 spiro atoms. The molecule has 4 aromatic carbocycles. The van der Waals surface area contributed by atoms with Gasteiger partial charge in [0.15, 0.2) is 0 Å². The maximum atomic E-state index is 4.59. The van der Waals surface area contributed by atoms with Crippen LogP contribution < -0.4 is 9.80 Å². The van der Waals surface area contributed by atoms with Crippen molar-refractivity contribution in [3.8, 4) is 22.3 Å². The Morgan fingerprint density at radius 1 is 0.622 bits per heavy atom. The Morgan fingerprint density at radius 3 is 1.70 bits per heavy atom. The number of aryl methyl sites for hydroxylation is 2. The molecule has 0 saturated carbocycles.